The van der Waals surface area contributed by atoms with Gasteiger partial charge in [0.25, 0.3) is 5.91 Å². The molecule has 33 heavy (non-hydrogen) atoms. The number of benzene rings is 1. The number of aromatic nitrogens is 2. The lowest BCUT2D eigenvalue weighted by atomic mass is 9.83. The SMILES string of the molecule is COc1cccc(CN2C[C@@H](c3cccnc3)[C@]3(C2)OCCN(Cc2ccncc2)C3=O)c1. The predicted molar refractivity (Wildman–Crippen MR) is 124 cm³/mol. The first-order valence-electron chi connectivity index (χ1n) is 11.3. The molecule has 7 heteroatoms. The lowest BCUT2D eigenvalue weighted by Gasteiger charge is -2.42. The summed E-state index contributed by atoms with van der Waals surface area (Å²) in [6, 6.07) is 16.0. The summed E-state index contributed by atoms with van der Waals surface area (Å²) in [4.78, 5) is 26.6. The average Bonchev–Trinajstić information content (AvgIpc) is 3.22. The summed E-state index contributed by atoms with van der Waals surface area (Å²) in [5, 5.41) is 0. The van der Waals surface area contributed by atoms with Crippen LogP contribution in [0.3, 0.4) is 0 Å². The number of pyridine rings is 2. The smallest absolute Gasteiger partial charge is 0.257 e. The van der Waals surface area contributed by atoms with E-state index in [-0.39, 0.29) is 11.8 Å². The second kappa shape index (κ2) is 9.29. The number of hydrogen-bond acceptors (Lipinski definition) is 6. The maximum absolute atomic E-state index is 14.0. The van der Waals surface area contributed by atoms with Crippen LogP contribution in [0.2, 0.25) is 0 Å². The van der Waals surface area contributed by atoms with Crippen LogP contribution in [0.15, 0.2) is 73.3 Å². The van der Waals surface area contributed by atoms with Gasteiger partial charge < -0.3 is 14.4 Å². The van der Waals surface area contributed by atoms with Crippen molar-refractivity contribution in [1.29, 1.82) is 0 Å². The summed E-state index contributed by atoms with van der Waals surface area (Å²) < 4.78 is 11.8. The van der Waals surface area contributed by atoms with Crippen LogP contribution in [-0.2, 0) is 22.6 Å². The molecule has 2 saturated heterocycles. The van der Waals surface area contributed by atoms with Gasteiger partial charge in [0.05, 0.1) is 13.7 Å². The van der Waals surface area contributed by atoms with Crippen LogP contribution < -0.4 is 4.74 Å². The van der Waals surface area contributed by atoms with E-state index in [1.54, 1.807) is 25.7 Å². The highest BCUT2D eigenvalue weighted by Gasteiger charge is 2.56. The molecule has 2 fully saturated rings. The Morgan fingerprint density at radius 3 is 2.73 bits per heavy atom. The zero-order valence-electron chi connectivity index (χ0n) is 18.8. The van der Waals surface area contributed by atoms with Gasteiger partial charge >= 0.3 is 0 Å². The highest BCUT2D eigenvalue weighted by Crippen LogP contribution is 2.42. The number of carbonyl (C=O) groups is 1. The number of rotatable bonds is 6. The Labute approximate surface area is 194 Å². The van der Waals surface area contributed by atoms with Gasteiger partial charge in [0.2, 0.25) is 0 Å². The fourth-order valence-electron chi connectivity index (χ4n) is 5.01. The Hall–Kier alpha value is -3.29. The van der Waals surface area contributed by atoms with Crippen molar-refractivity contribution in [2.45, 2.75) is 24.6 Å². The second-order valence-corrected chi connectivity index (χ2v) is 8.68. The van der Waals surface area contributed by atoms with Crippen LogP contribution in [0.25, 0.3) is 0 Å². The van der Waals surface area contributed by atoms with Crippen LogP contribution in [0, 0.1) is 0 Å². The standard InChI is InChI=1S/C26H28N4O3/c1-32-23-6-2-4-21(14-23)16-29-18-24(22-5-3-9-28-15-22)26(19-29)25(31)30(12-13-33-26)17-20-7-10-27-11-8-20/h2-11,14-15,24H,12-13,16-19H2,1H3/t24-,26-/m0/s1. The van der Waals surface area contributed by atoms with E-state index >= 15 is 0 Å². The van der Waals surface area contributed by atoms with Crippen molar-refractivity contribution in [2.24, 2.45) is 0 Å². The molecule has 0 unspecified atom stereocenters. The van der Waals surface area contributed by atoms with Gasteiger partial charge in [-0.15, -0.1) is 0 Å². The average molecular weight is 445 g/mol. The Kier molecular flexibility index (Phi) is 6.07. The number of nitrogens with zero attached hydrogens (tertiary/aromatic N) is 4. The van der Waals surface area contributed by atoms with E-state index in [0.29, 0.717) is 26.2 Å². The van der Waals surface area contributed by atoms with Crippen LogP contribution in [-0.4, -0.2) is 64.6 Å². The molecule has 5 rings (SSSR count). The zero-order valence-corrected chi connectivity index (χ0v) is 18.8. The normalized spacial score (nSPS) is 23.2. The third kappa shape index (κ3) is 4.34. The van der Waals surface area contributed by atoms with E-state index in [1.165, 1.54) is 0 Å². The van der Waals surface area contributed by atoms with Crippen LogP contribution in [0.5, 0.6) is 5.75 Å². The molecule has 0 aliphatic carbocycles. The minimum absolute atomic E-state index is 0.0487. The molecule has 2 atom stereocenters. The molecule has 0 radical (unpaired) electrons. The molecule has 1 amide bonds. The van der Waals surface area contributed by atoms with E-state index in [4.69, 9.17) is 9.47 Å². The molecule has 3 aromatic rings. The minimum atomic E-state index is -0.923. The number of carbonyl (C=O) groups excluding carboxylic acids is 1. The molecule has 4 heterocycles. The monoisotopic (exact) mass is 444 g/mol. The molecule has 0 saturated carbocycles. The van der Waals surface area contributed by atoms with Gasteiger partial charge in [0, 0.05) is 63.4 Å². The van der Waals surface area contributed by atoms with Gasteiger partial charge in [0.15, 0.2) is 5.60 Å². The Bertz CT molecular complexity index is 1090. The molecule has 0 N–H and O–H groups in total. The Morgan fingerprint density at radius 1 is 1.06 bits per heavy atom. The van der Waals surface area contributed by atoms with Crippen molar-refractivity contribution in [2.75, 3.05) is 33.4 Å². The lowest BCUT2D eigenvalue weighted by Crippen LogP contribution is -2.59. The summed E-state index contributed by atoms with van der Waals surface area (Å²) in [7, 11) is 1.67. The van der Waals surface area contributed by atoms with Crippen LogP contribution >= 0.6 is 0 Å². The molecule has 0 bridgehead atoms. The number of methoxy groups -OCH3 is 1. The summed E-state index contributed by atoms with van der Waals surface area (Å²) in [6.07, 6.45) is 7.15. The maximum Gasteiger partial charge on any atom is 0.257 e. The highest BCUT2D eigenvalue weighted by atomic mass is 16.5. The first kappa shape index (κ1) is 21.6. The first-order chi connectivity index (χ1) is 16.2. The first-order valence-corrected chi connectivity index (χ1v) is 11.3. The Morgan fingerprint density at radius 2 is 1.94 bits per heavy atom. The number of morpholine rings is 1. The van der Waals surface area contributed by atoms with E-state index in [0.717, 1.165) is 35.5 Å². The van der Waals surface area contributed by atoms with Crippen molar-refractivity contribution in [3.05, 3.63) is 90.0 Å². The maximum atomic E-state index is 14.0. The van der Waals surface area contributed by atoms with Gasteiger partial charge in [0.1, 0.15) is 5.75 Å². The van der Waals surface area contributed by atoms with E-state index < -0.39 is 5.60 Å². The van der Waals surface area contributed by atoms with Gasteiger partial charge in [-0.05, 0) is 47.0 Å². The fourth-order valence-corrected chi connectivity index (χ4v) is 5.01. The molecule has 2 aliphatic rings. The Balaban J connectivity index is 1.44. The number of ether oxygens (including phenoxy) is 2. The zero-order chi connectivity index (χ0) is 22.7. The highest BCUT2D eigenvalue weighted by molar-refractivity contribution is 5.88. The predicted octanol–water partition coefficient (Wildman–Crippen LogP) is 2.88. The molecule has 170 valence electrons. The summed E-state index contributed by atoms with van der Waals surface area (Å²) in [6.45, 7) is 3.63. The number of hydrogen-bond donors (Lipinski definition) is 0. The van der Waals surface area contributed by atoms with Gasteiger partial charge in [-0.1, -0.05) is 18.2 Å². The largest absolute Gasteiger partial charge is 0.497 e. The molecular formula is C26H28N4O3. The van der Waals surface area contributed by atoms with Crippen LogP contribution in [0.4, 0.5) is 0 Å². The fraction of sp³-hybridized carbons (Fsp3) is 0.346. The van der Waals surface area contributed by atoms with Gasteiger partial charge in [-0.3, -0.25) is 19.7 Å². The summed E-state index contributed by atoms with van der Waals surface area (Å²) in [5.41, 5.74) is 2.32. The number of likely N-dealkylation sites (tertiary alicyclic amines) is 1. The molecular weight excluding hydrogens is 416 g/mol. The van der Waals surface area contributed by atoms with Crippen molar-refractivity contribution >= 4 is 5.91 Å². The number of amides is 1. The summed E-state index contributed by atoms with van der Waals surface area (Å²) >= 11 is 0. The molecule has 2 aromatic heterocycles. The topological polar surface area (TPSA) is 67.8 Å². The third-order valence-electron chi connectivity index (χ3n) is 6.58. The summed E-state index contributed by atoms with van der Waals surface area (Å²) in [5.74, 6) is 0.788. The van der Waals surface area contributed by atoms with E-state index in [2.05, 4.69) is 20.9 Å². The van der Waals surface area contributed by atoms with Crippen LogP contribution in [0.1, 0.15) is 22.6 Å². The van der Waals surface area contributed by atoms with Crippen molar-refractivity contribution in [3.63, 3.8) is 0 Å². The van der Waals surface area contributed by atoms with Gasteiger partial charge in [-0.25, -0.2) is 0 Å². The second-order valence-electron chi connectivity index (χ2n) is 8.68. The third-order valence-corrected chi connectivity index (χ3v) is 6.58. The van der Waals surface area contributed by atoms with Crippen molar-refractivity contribution in [1.82, 2.24) is 19.8 Å². The van der Waals surface area contributed by atoms with Crippen molar-refractivity contribution < 1.29 is 14.3 Å². The van der Waals surface area contributed by atoms with Crippen molar-refractivity contribution in [3.8, 4) is 5.75 Å². The quantitative estimate of drug-likeness (QED) is 0.583. The van der Waals surface area contributed by atoms with Gasteiger partial charge in [-0.2, -0.15) is 0 Å². The minimum Gasteiger partial charge on any atom is -0.497 e. The lowest BCUT2D eigenvalue weighted by molar-refractivity contribution is -0.173. The van der Waals surface area contributed by atoms with E-state index in [1.807, 2.05) is 53.6 Å². The molecule has 1 spiro atoms. The molecule has 7 nitrogen and oxygen atoms in total. The van der Waals surface area contributed by atoms with E-state index in [9.17, 15) is 4.79 Å². The molecule has 1 aromatic carbocycles. The molecule has 2 aliphatic heterocycles.